The molecule has 0 amide bonds. The molecule has 0 unspecified atom stereocenters. The van der Waals surface area contributed by atoms with Crippen molar-refractivity contribution in [2.75, 3.05) is 6.61 Å². The van der Waals surface area contributed by atoms with Crippen LogP contribution < -0.4 is 0 Å². The Balaban J connectivity index is 1.84. The highest BCUT2D eigenvalue weighted by Crippen LogP contribution is 2.45. The number of ether oxygens (including phenoxy) is 4. The number of rotatable bonds is 7. The highest BCUT2D eigenvalue weighted by molar-refractivity contribution is 5.14. The summed E-state index contributed by atoms with van der Waals surface area (Å²) >= 11 is 0. The molecule has 1 aromatic carbocycles. The first-order chi connectivity index (χ1) is 11.9. The summed E-state index contributed by atoms with van der Waals surface area (Å²) in [5.41, 5.74) is -0.344. The minimum absolute atomic E-state index is 0.259. The SMILES string of the molecule is C=CC[C@H](O)[C@@]1(CO)O[C@@H]2OC(C)(C)O[C@@H]2[C@H]1OCc1ccccc1. The van der Waals surface area contributed by atoms with Crippen molar-refractivity contribution in [3.63, 3.8) is 0 Å². The quantitative estimate of drug-likeness (QED) is 0.730. The second-order valence-corrected chi connectivity index (χ2v) is 6.96. The lowest BCUT2D eigenvalue weighted by molar-refractivity contribution is -0.271. The van der Waals surface area contributed by atoms with Crippen LogP contribution in [0.15, 0.2) is 43.0 Å². The molecule has 138 valence electrons. The van der Waals surface area contributed by atoms with Crippen molar-refractivity contribution in [3.05, 3.63) is 48.6 Å². The van der Waals surface area contributed by atoms with Gasteiger partial charge in [-0.3, -0.25) is 0 Å². The number of benzene rings is 1. The molecule has 6 heteroatoms. The van der Waals surface area contributed by atoms with Gasteiger partial charge >= 0.3 is 0 Å². The number of aliphatic hydroxyl groups is 2. The fraction of sp³-hybridized carbons (Fsp3) is 0.579. The van der Waals surface area contributed by atoms with Crippen molar-refractivity contribution in [2.45, 2.75) is 62.9 Å². The van der Waals surface area contributed by atoms with Crippen LogP contribution in [-0.2, 0) is 25.6 Å². The Morgan fingerprint density at radius 3 is 2.60 bits per heavy atom. The van der Waals surface area contributed by atoms with Crippen molar-refractivity contribution < 1.29 is 29.2 Å². The molecule has 0 saturated carbocycles. The van der Waals surface area contributed by atoms with Crippen LogP contribution in [0.3, 0.4) is 0 Å². The summed E-state index contributed by atoms with van der Waals surface area (Å²) in [5.74, 6) is -0.811. The maximum absolute atomic E-state index is 10.6. The Labute approximate surface area is 148 Å². The summed E-state index contributed by atoms with van der Waals surface area (Å²) in [7, 11) is 0. The van der Waals surface area contributed by atoms with Gasteiger partial charge in [0, 0.05) is 0 Å². The summed E-state index contributed by atoms with van der Waals surface area (Å²) in [6.07, 6.45) is -1.07. The molecular formula is C19H26O6. The van der Waals surface area contributed by atoms with Gasteiger partial charge < -0.3 is 29.2 Å². The van der Waals surface area contributed by atoms with Crippen molar-refractivity contribution in [3.8, 4) is 0 Å². The van der Waals surface area contributed by atoms with Gasteiger partial charge in [0.1, 0.15) is 17.8 Å². The fourth-order valence-corrected chi connectivity index (χ4v) is 3.47. The molecular weight excluding hydrogens is 324 g/mol. The van der Waals surface area contributed by atoms with E-state index in [1.54, 1.807) is 19.9 Å². The largest absolute Gasteiger partial charge is 0.393 e. The highest BCUT2D eigenvalue weighted by Gasteiger charge is 2.64. The summed E-state index contributed by atoms with van der Waals surface area (Å²) in [6.45, 7) is 7.14. The lowest BCUT2D eigenvalue weighted by atomic mass is 9.88. The summed E-state index contributed by atoms with van der Waals surface area (Å²) < 4.78 is 23.7. The van der Waals surface area contributed by atoms with Gasteiger partial charge in [-0.2, -0.15) is 0 Å². The van der Waals surface area contributed by atoms with Crippen LogP contribution in [0.2, 0.25) is 0 Å². The molecule has 2 heterocycles. The van der Waals surface area contributed by atoms with E-state index in [1.165, 1.54) is 0 Å². The molecule has 2 aliphatic heterocycles. The normalized spacial score (nSPS) is 34.6. The zero-order chi connectivity index (χ0) is 18.1. The number of hydrogen-bond acceptors (Lipinski definition) is 6. The Hall–Kier alpha value is -1.28. The van der Waals surface area contributed by atoms with Crippen molar-refractivity contribution in [1.29, 1.82) is 0 Å². The predicted molar refractivity (Wildman–Crippen MR) is 90.6 cm³/mol. The molecule has 0 spiro atoms. The van der Waals surface area contributed by atoms with E-state index in [-0.39, 0.29) is 6.42 Å². The van der Waals surface area contributed by atoms with Gasteiger partial charge in [-0.1, -0.05) is 36.4 Å². The molecule has 3 rings (SSSR count). The van der Waals surface area contributed by atoms with Gasteiger partial charge in [0.2, 0.25) is 0 Å². The molecule has 2 fully saturated rings. The number of fused-ring (bicyclic) bond motifs is 1. The van der Waals surface area contributed by atoms with E-state index >= 15 is 0 Å². The van der Waals surface area contributed by atoms with E-state index < -0.39 is 42.6 Å². The molecule has 0 radical (unpaired) electrons. The first kappa shape index (κ1) is 18.5. The second kappa shape index (κ2) is 7.15. The van der Waals surface area contributed by atoms with Crippen molar-refractivity contribution in [2.24, 2.45) is 0 Å². The van der Waals surface area contributed by atoms with Crippen LogP contribution in [0.4, 0.5) is 0 Å². The molecule has 25 heavy (non-hydrogen) atoms. The van der Waals surface area contributed by atoms with Crippen LogP contribution in [0, 0.1) is 0 Å². The molecule has 1 aromatic rings. The monoisotopic (exact) mass is 350 g/mol. The zero-order valence-corrected chi connectivity index (χ0v) is 14.6. The minimum atomic E-state index is -1.32. The van der Waals surface area contributed by atoms with Gasteiger partial charge in [0.15, 0.2) is 12.1 Å². The van der Waals surface area contributed by atoms with Crippen LogP contribution in [0.25, 0.3) is 0 Å². The van der Waals surface area contributed by atoms with Crippen LogP contribution in [0.5, 0.6) is 0 Å². The van der Waals surface area contributed by atoms with Gasteiger partial charge in [-0.25, -0.2) is 0 Å². The maximum atomic E-state index is 10.6. The third-order valence-electron chi connectivity index (χ3n) is 4.68. The molecule has 0 aromatic heterocycles. The molecule has 2 saturated heterocycles. The Kier molecular flexibility index (Phi) is 5.29. The predicted octanol–water partition coefficient (Wildman–Crippen LogP) is 1.75. The van der Waals surface area contributed by atoms with Gasteiger partial charge in [0.25, 0.3) is 0 Å². The third kappa shape index (κ3) is 3.51. The zero-order valence-electron chi connectivity index (χ0n) is 14.6. The third-order valence-corrected chi connectivity index (χ3v) is 4.68. The number of hydrogen-bond donors (Lipinski definition) is 2. The van der Waals surface area contributed by atoms with Crippen molar-refractivity contribution >= 4 is 0 Å². The lowest BCUT2D eigenvalue weighted by Crippen LogP contribution is -2.57. The van der Waals surface area contributed by atoms with Crippen LogP contribution >= 0.6 is 0 Å². The average Bonchev–Trinajstić information content (AvgIpc) is 3.03. The molecule has 2 N–H and O–H groups in total. The first-order valence-corrected chi connectivity index (χ1v) is 8.50. The lowest BCUT2D eigenvalue weighted by Gasteiger charge is -2.38. The van der Waals surface area contributed by atoms with E-state index in [1.807, 2.05) is 30.3 Å². The Morgan fingerprint density at radius 1 is 1.24 bits per heavy atom. The summed E-state index contributed by atoms with van der Waals surface area (Å²) in [4.78, 5) is 0. The topological polar surface area (TPSA) is 77.4 Å². The van der Waals surface area contributed by atoms with Crippen molar-refractivity contribution in [1.82, 2.24) is 0 Å². The van der Waals surface area contributed by atoms with Gasteiger partial charge in [0.05, 0.1) is 19.3 Å². The van der Waals surface area contributed by atoms with E-state index in [9.17, 15) is 10.2 Å². The number of aliphatic hydroxyl groups excluding tert-OH is 2. The van der Waals surface area contributed by atoms with Crippen LogP contribution in [0.1, 0.15) is 25.8 Å². The second-order valence-electron chi connectivity index (χ2n) is 6.96. The van der Waals surface area contributed by atoms with E-state index in [2.05, 4.69) is 6.58 Å². The standard InChI is InChI=1S/C19H26O6/c1-4-8-14(21)19(12-20)16(22-11-13-9-6-5-7-10-13)15-17(25-19)24-18(2,3)23-15/h4-7,9-10,14-17,20-21H,1,8,11-12H2,2-3H3/t14-,15+,16+,17-,19+/m0/s1. The summed E-state index contributed by atoms with van der Waals surface area (Å²) in [5, 5.41) is 20.7. The van der Waals surface area contributed by atoms with Crippen LogP contribution in [-0.4, -0.2) is 52.8 Å². The Morgan fingerprint density at radius 2 is 1.96 bits per heavy atom. The molecule has 2 aliphatic rings. The van der Waals surface area contributed by atoms with Gasteiger partial charge in [-0.15, -0.1) is 6.58 Å². The summed E-state index contributed by atoms with van der Waals surface area (Å²) in [6, 6.07) is 9.68. The molecule has 0 aliphatic carbocycles. The Bertz CT molecular complexity index is 589. The molecule has 0 bridgehead atoms. The smallest absolute Gasteiger partial charge is 0.190 e. The highest BCUT2D eigenvalue weighted by atomic mass is 16.8. The van der Waals surface area contributed by atoms with Gasteiger partial charge in [-0.05, 0) is 25.8 Å². The maximum Gasteiger partial charge on any atom is 0.190 e. The van der Waals surface area contributed by atoms with E-state index in [0.29, 0.717) is 6.61 Å². The van der Waals surface area contributed by atoms with E-state index in [0.717, 1.165) is 5.56 Å². The minimum Gasteiger partial charge on any atom is -0.393 e. The average molecular weight is 350 g/mol. The fourth-order valence-electron chi connectivity index (χ4n) is 3.47. The first-order valence-electron chi connectivity index (χ1n) is 8.50. The van der Waals surface area contributed by atoms with E-state index in [4.69, 9.17) is 18.9 Å². The molecule has 6 nitrogen and oxygen atoms in total. The molecule has 5 atom stereocenters.